The molecule has 204 valence electrons. The third kappa shape index (κ3) is 5.15. The average molecular weight is 521 g/mol. The molecule has 2 aromatic heterocycles. The van der Waals surface area contributed by atoms with E-state index in [4.69, 9.17) is 20.6 Å². The molecule has 2 atom stereocenters. The topological polar surface area (TPSA) is 95.5 Å². The van der Waals surface area contributed by atoms with Gasteiger partial charge in [-0.2, -0.15) is 9.61 Å². The van der Waals surface area contributed by atoms with Crippen LogP contribution < -0.4 is 20.3 Å². The molecule has 5 rings (SSSR count). The molecule has 1 unspecified atom stereocenters. The number of hydrogen-bond donors (Lipinski definition) is 1. The number of carbonyl (C=O) groups excluding carboxylic acids is 1. The Kier molecular flexibility index (Phi) is 7.45. The number of nitrogens with two attached hydrogens (primary N) is 1. The van der Waals surface area contributed by atoms with Gasteiger partial charge in [-0.15, -0.1) is 0 Å². The molecule has 1 fully saturated rings. The summed E-state index contributed by atoms with van der Waals surface area (Å²) in [4.78, 5) is 27.3. The summed E-state index contributed by atoms with van der Waals surface area (Å²) in [5.41, 5.74) is 9.41. The third-order valence-corrected chi connectivity index (χ3v) is 7.78. The highest BCUT2D eigenvalue weighted by Gasteiger charge is 2.28. The van der Waals surface area contributed by atoms with E-state index in [0.717, 1.165) is 74.1 Å². The number of likely N-dealkylation sites (N-methyl/N-ethyl adjacent to an activating group) is 2. The van der Waals surface area contributed by atoms with Crippen molar-refractivity contribution in [1.82, 2.24) is 24.4 Å². The van der Waals surface area contributed by atoms with Crippen LogP contribution in [0.3, 0.4) is 0 Å². The summed E-state index contributed by atoms with van der Waals surface area (Å²) in [5, 5.41) is 5.02. The minimum absolute atomic E-state index is 0.0786. The lowest BCUT2D eigenvalue weighted by Crippen LogP contribution is -2.35. The van der Waals surface area contributed by atoms with E-state index < -0.39 is 0 Å². The molecule has 3 aromatic rings. The van der Waals surface area contributed by atoms with Crippen molar-refractivity contribution in [3.05, 3.63) is 47.2 Å². The molecule has 4 heterocycles. The number of nitrogens with zero attached hydrogens (tertiary/aromatic N) is 7. The zero-order valence-electron chi connectivity index (χ0n) is 23.2. The Balaban J connectivity index is 1.61. The van der Waals surface area contributed by atoms with Crippen LogP contribution in [0.4, 0.5) is 11.6 Å². The maximum absolute atomic E-state index is 13.8. The summed E-state index contributed by atoms with van der Waals surface area (Å²) >= 11 is 0. The molecule has 38 heavy (non-hydrogen) atoms. The lowest BCUT2D eigenvalue weighted by molar-refractivity contribution is 0.0717. The maximum atomic E-state index is 13.8. The number of amides is 1. The van der Waals surface area contributed by atoms with Crippen LogP contribution in [-0.4, -0.2) is 96.8 Å². The first-order valence-corrected chi connectivity index (χ1v) is 13.6. The molecule has 10 heteroatoms. The van der Waals surface area contributed by atoms with Gasteiger partial charge < -0.3 is 30.1 Å². The number of anilines is 2. The zero-order valence-corrected chi connectivity index (χ0v) is 23.2. The highest BCUT2D eigenvalue weighted by Crippen LogP contribution is 2.31. The van der Waals surface area contributed by atoms with Crippen LogP contribution in [0.15, 0.2) is 30.3 Å². The molecule has 2 N–H and O–H groups in total. The number of carbonyl (C=O) groups is 1. The lowest BCUT2D eigenvalue weighted by Gasteiger charge is -2.28. The summed E-state index contributed by atoms with van der Waals surface area (Å²) < 4.78 is 8.06. The Morgan fingerprint density at radius 2 is 1.89 bits per heavy atom. The number of fused-ring (bicyclic) bond motifs is 2. The van der Waals surface area contributed by atoms with E-state index in [0.29, 0.717) is 17.9 Å². The molecule has 0 saturated carbocycles. The summed E-state index contributed by atoms with van der Waals surface area (Å²) in [7, 11) is 6.03. The summed E-state index contributed by atoms with van der Waals surface area (Å²) in [5.74, 6) is 2.43. The lowest BCUT2D eigenvalue weighted by atomic mass is 10.1. The van der Waals surface area contributed by atoms with Crippen molar-refractivity contribution >= 4 is 23.2 Å². The van der Waals surface area contributed by atoms with Crippen molar-refractivity contribution in [2.75, 3.05) is 70.3 Å². The van der Waals surface area contributed by atoms with Crippen LogP contribution in [0.2, 0.25) is 0 Å². The van der Waals surface area contributed by atoms with Gasteiger partial charge in [0.05, 0.1) is 17.3 Å². The van der Waals surface area contributed by atoms with Gasteiger partial charge in [0.15, 0.2) is 5.65 Å². The Morgan fingerprint density at radius 3 is 2.63 bits per heavy atom. The molecule has 2 bridgehead atoms. The van der Waals surface area contributed by atoms with Crippen molar-refractivity contribution in [3.8, 4) is 5.75 Å². The first-order valence-electron chi connectivity index (χ1n) is 13.6. The number of benzene rings is 1. The largest absolute Gasteiger partial charge is 0.491 e. The molecule has 0 aliphatic carbocycles. The van der Waals surface area contributed by atoms with E-state index in [1.807, 2.05) is 42.8 Å². The quantitative estimate of drug-likeness (QED) is 0.551. The van der Waals surface area contributed by atoms with Gasteiger partial charge in [0.1, 0.15) is 24.0 Å². The first kappa shape index (κ1) is 26.2. The standard InChI is InChI=1S/C28H40N8O2/c1-6-23-22-16-26-30-25(35-10-9-20(29)18-35)17-27(36(26)31-22)33(4)12-11-32(3)13-14-38-24-8-7-19(2)15-21(24)28(37)34(23)5/h7-8,15-17,20,23H,6,9-14,18,29H2,1-5H3/t20-,23?/m1/s1. The minimum Gasteiger partial charge on any atom is -0.491 e. The minimum atomic E-state index is -0.210. The Labute approximate surface area is 224 Å². The number of ether oxygens (including phenoxy) is 1. The van der Waals surface area contributed by atoms with Gasteiger partial charge in [-0.1, -0.05) is 18.6 Å². The Morgan fingerprint density at radius 1 is 1.08 bits per heavy atom. The highest BCUT2D eigenvalue weighted by molar-refractivity contribution is 5.97. The Bertz CT molecular complexity index is 1310. The fraction of sp³-hybridized carbons (Fsp3) is 0.536. The highest BCUT2D eigenvalue weighted by atomic mass is 16.5. The second-order valence-electron chi connectivity index (χ2n) is 10.7. The van der Waals surface area contributed by atoms with Gasteiger partial charge in [0.25, 0.3) is 5.91 Å². The Hall–Kier alpha value is -3.37. The fourth-order valence-electron chi connectivity index (χ4n) is 5.36. The third-order valence-electron chi connectivity index (χ3n) is 7.78. The zero-order chi connectivity index (χ0) is 27.0. The molecule has 1 aromatic carbocycles. The maximum Gasteiger partial charge on any atom is 0.257 e. The first-order chi connectivity index (χ1) is 18.2. The van der Waals surface area contributed by atoms with E-state index in [1.165, 1.54) is 0 Å². The number of aromatic nitrogens is 3. The molecule has 1 saturated heterocycles. The second-order valence-corrected chi connectivity index (χ2v) is 10.7. The van der Waals surface area contributed by atoms with Crippen molar-refractivity contribution in [2.24, 2.45) is 5.73 Å². The van der Waals surface area contributed by atoms with E-state index in [2.05, 4.69) is 41.8 Å². The fourth-order valence-corrected chi connectivity index (χ4v) is 5.36. The van der Waals surface area contributed by atoms with Gasteiger partial charge in [-0.25, -0.2) is 4.98 Å². The van der Waals surface area contributed by atoms with Crippen molar-refractivity contribution in [3.63, 3.8) is 0 Å². The molecule has 0 radical (unpaired) electrons. The van der Waals surface area contributed by atoms with E-state index in [1.54, 1.807) is 4.90 Å². The monoisotopic (exact) mass is 520 g/mol. The van der Waals surface area contributed by atoms with E-state index >= 15 is 0 Å². The van der Waals surface area contributed by atoms with Crippen LogP contribution >= 0.6 is 0 Å². The van der Waals surface area contributed by atoms with Gasteiger partial charge in [0.2, 0.25) is 0 Å². The van der Waals surface area contributed by atoms with Crippen molar-refractivity contribution in [2.45, 2.75) is 38.8 Å². The van der Waals surface area contributed by atoms with Crippen molar-refractivity contribution in [1.29, 1.82) is 0 Å². The smallest absolute Gasteiger partial charge is 0.257 e. The predicted molar refractivity (Wildman–Crippen MR) is 150 cm³/mol. The van der Waals surface area contributed by atoms with Crippen LogP contribution in [0.25, 0.3) is 5.65 Å². The normalized spacial score (nSPS) is 21.8. The average Bonchev–Trinajstić information content (AvgIpc) is 3.53. The summed E-state index contributed by atoms with van der Waals surface area (Å²) in [6.45, 7) is 8.68. The van der Waals surface area contributed by atoms with Gasteiger partial charge in [-0.05, 0) is 38.9 Å². The number of hydrogen-bond acceptors (Lipinski definition) is 8. The van der Waals surface area contributed by atoms with Crippen LogP contribution in [0, 0.1) is 6.92 Å². The second kappa shape index (κ2) is 10.8. The van der Waals surface area contributed by atoms with Crippen LogP contribution in [0.5, 0.6) is 5.75 Å². The molecule has 10 nitrogen and oxygen atoms in total. The number of aryl methyl sites for hydroxylation is 1. The predicted octanol–water partition coefficient (Wildman–Crippen LogP) is 2.56. The van der Waals surface area contributed by atoms with Crippen molar-refractivity contribution < 1.29 is 9.53 Å². The summed E-state index contributed by atoms with van der Waals surface area (Å²) in [6, 6.07) is 9.89. The molecule has 1 amide bonds. The van der Waals surface area contributed by atoms with Gasteiger partial charge in [0, 0.05) is 65.0 Å². The van der Waals surface area contributed by atoms with Gasteiger partial charge >= 0.3 is 0 Å². The van der Waals surface area contributed by atoms with E-state index in [-0.39, 0.29) is 18.0 Å². The number of rotatable bonds is 2. The molecule has 2 aliphatic heterocycles. The van der Waals surface area contributed by atoms with Crippen LogP contribution in [-0.2, 0) is 0 Å². The summed E-state index contributed by atoms with van der Waals surface area (Å²) in [6.07, 6.45) is 1.68. The molecule has 0 spiro atoms. The van der Waals surface area contributed by atoms with Gasteiger partial charge in [-0.3, -0.25) is 4.79 Å². The van der Waals surface area contributed by atoms with Crippen LogP contribution in [0.1, 0.15) is 47.4 Å². The molecular formula is C28H40N8O2. The van der Waals surface area contributed by atoms with E-state index in [9.17, 15) is 4.79 Å². The molecule has 2 aliphatic rings. The SMILES string of the molecule is CCC1c2cc3nc(N4CC[C@@H](N)C4)cc(n3n2)N(C)CCN(C)CCOc2ccc(C)cc2C(=O)N1C. The molecular weight excluding hydrogens is 480 g/mol.